The molecule has 1 N–H and O–H groups in total. The Bertz CT molecular complexity index is 825. The lowest BCUT2D eigenvalue weighted by Crippen LogP contribution is -2.30. The molecule has 0 heterocycles. The molecular weight excluding hydrogens is 381 g/mol. The van der Waals surface area contributed by atoms with Gasteiger partial charge in [-0.25, -0.2) is 4.79 Å². The average Bonchev–Trinajstić information content (AvgIpc) is 2.60. The fourth-order valence-electron chi connectivity index (χ4n) is 2.13. The van der Waals surface area contributed by atoms with Crippen LogP contribution in [0, 0.1) is 0 Å². The molecule has 2 aromatic rings. The minimum atomic E-state index is -1.03. The molecule has 0 aliphatic rings. The van der Waals surface area contributed by atoms with E-state index in [9.17, 15) is 9.59 Å². The minimum Gasteiger partial charge on any atom is -0.493 e. The lowest BCUT2D eigenvalue weighted by Gasteiger charge is -2.15. The van der Waals surface area contributed by atoms with E-state index in [1.807, 2.05) is 0 Å². The van der Waals surface area contributed by atoms with Gasteiger partial charge in [0, 0.05) is 10.7 Å². The molecule has 0 saturated heterocycles. The molecule has 0 spiro atoms. The van der Waals surface area contributed by atoms with Gasteiger partial charge in [0.2, 0.25) is 0 Å². The zero-order chi connectivity index (χ0) is 19.3. The van der Waals surface area contributed by atoms with Crippen LogP contribution in [0.3, 0.4) is 0 Å². The number of carbonyl (C=O) groups excluding carboxylic acids is 2. The van der Waals surface area contributed by atoms with Crippen molar-refractivity contribution >= 4 is 40.8 Å². The van der Waals surface area contributed by atoms with Gasteiger partial charge >= 0.3 is 5.97 Å². The second-order valence-corrected chi connectivity index (χ2v) is 6.08. The molecular formula is C18H17Cl2NO5. The zero-order valence-electron chi connectivity index (χ0n) is 14.3. The molecule has 2 aromatic carbocycles. The third kappa shape index (κ3) is 4.80. The number of amides is 1. The quantitative estimate of drug-likeness (QED) is 0.739. The molecule has 1 amide bonds. The lowest BCUT2D eigenvalue weighted by atomic mass is 10.2. The molecule has 0 aromatic heterocycles. The van der Waals surface area contributed by atoms with Crippen molar-refractivity contribution in [2.75, 3.05) is 19.5 Å². The Labute approximate surface area is 160 Å². The van der Waals surface area contributed by atoms with Gasteiger partial charge < -0.3 is 19.5 Å². The summed E-state index contributed by atoms with van der Waals surface area (Å²) in [5, 5.41) is 3.29. The molecule has 6 nitrogen and oxygen atoms in total. The van der Waals surface area contributed by atoms with Crippen LogP contribution in [0.1, 0.15) is 17.3 Å². The van der Waals surface area contributed by atoms with Crippen molar-refractivity contribution in [3.8, 4) is 11.5 Å². The zero-order valence-corrected chi connectivity index (χ0v) is 15.9. The van der Waals surface area contributed by atoms with Crippen LogP contribution < -0.4 is 14.8 Å². The molecule has 1 atom stereocenters. The third-order valence-electron chi connectivity index (χ3n) is 3.41. The van der Waals surface area contributed by atoms with E-state index in [-0.39, 0.29) is 16.3 Å². The van der Waals surface area contributed by atoms with Crippen molar-refractivity contribution in [2.24, 2.45) is 0 Å². The van der Waals surface area contributed by atoms with Crippen LogP contribution in [-0.4, -0.2) is 32.2 Å². The number of rotatable bonds is 6. The summed E-state index contributed by atoms with van der Waals surface area (Å²) < 4.78 is 15.4. The van der Waals surface area contributed by atoms with E-state index in [4.69, 9.17) is 37.4 Å². The standard InChI is InChI=1S/C18H17Cl2NO5/c1-10(17(22)21-13-6-4-5-12(19)9-13)26-18(23)11-7-14(20)16(25-3)15(8-11)24-2/h4-10H,1-3H3,(H,21,22)/t10-/m1/s1. The van der Waals surface area contributed by atoms with E-state index in [0.29, 0.717) is 16.5 Å². The Balaban J connectivity index is 2.09. The van der Waals surface area contributed by atoms with E-state index >= 15 is 0 Å². The monoisotopic (exact) mass is 397 g/mol. The highest BCUT2D eigenvalue weighted by atomic mass is 35.5. The van der Waals surface area contributed by atoms with Crippen LogP contribution >= 0.6 is 23.2 Å². The number of anilines is 1. The van der Waals surface area contributed by atoms with Gasteiger partial charge in [0.15, 0.2) is 17.6 Å². The third-order valence-corrected chi connectivity index (χ3v) is 3.93. The normalized spacial score (nSPS) is 11.4. The van der Waals surface area contributed by atoms with E-state index in [1.54, 1.807) is 24.3 Å². The van der Waals surface area contributed by atoms with Gasteiger partial charge in [-0.2, -0.15) is 0 Å². The lowest BCUT2D eigenvalue weighted by molar-refractivity contribution is -0.123. The number of benzene rings is 2. The number of carbonyl (C=O) groups is 2. The fourth-order valence-corrected chi connectivity index (χ4v) is 2.61. The summed E-state index contributed by atoms with van der Waals surface area (Å²) in [5.74, 6) is -0.630. The highest BCUT2D eigenvalue weighted by Gasteiger charge is 2.21. The molecule has 26 heavy (non-hydrogen) atoms. The molecule has 0 saturated carbocycles. The molecule has 0 aliphatic heterocycles. The van der Waals surface area contributed by atoms with Gasteiger partial charge in [-0.3, -0.25) is 4.79 Å². The maximum atomic E-state index is 12.3. The number of methoxy groups -OCH3 is 2. The number of nitrogens with one attached hydrogen (secondary N) is 1. The van der Waals surface area contributed by atoms with Crippen molar-refractivity contribution in [1.82, 2.24) is 0 Å². The smallest absolute Gasteiger partial charge is 0.339 e. The summed E-state index contributed by atoms with van der Waals surface area (Å²) in [6.45, 7) is 1.46. The summed E-state index contributed by atoms with van der Waals surface area (Å²) in [5.41, 5.74) is 0.634. The van der Waals surface area contributed by atoms with Crippen LogP contribution in [0.4, 0.5) is 5.69 Å². The minimum absolute atomic E-state index is 0.134. The fraction of sp³-hybridized carbons (Fsp3) is 0.222. The number of hydrogen-bond donors (Lipinski definition) is 1. The first-order chi connectivity index (χ1) is 12.3. The summed E-state index contributed by atoms with van der Waals surface area (Å²) >= 11 is 11.9. The second-order valence-electron chi connectivity index (χ2n) is 5.24. The number of esters is 1. The summed E-state index contributed by atoms with van der Waals surface area (Å²) in [6, 6.07) is 9.44. The number of hydrogen-bond acceptors (Lipinski definition) is 5. The topological polar surface area (TPSA) is 73.9 Å². The van der Waals surface area contributed by atoms with E-state index < -0.39 is 18.0 Å². The van der Waals surface area contributed by atoms with Crippen LogP contribution in [-0.2, 0) is 9.53 Å². The van der Waals surface area contributed by atoms with Crippen LogP contribution in [0.2, 0.25) is 10.0 Å². The summed E-state index contributed by atoms with van der Waals surface area (Å²) in [6.07, 6.45) is -1.03. The van der Waals surface area contributed by atoms with Gasteiger partial charge in [0.1, 0.15) is 0 Å². The molecule has 0 aliphatic carbocycles. The van der Waals surface area contributed by atoms with Gasteiger partial charge in [-0.15, -0.1) is 0 Å². The van der Waals surface area contributed by atoms with Crippen LogP contribution in [0.25, 0.3) is 0 Å². The molecule has 0 fully saturated rings. The number of halogens is 2. The Morgan fingerprint density at radius 3 is 2.42 bits per heavy atom. The first kappa shape index (κ1) is 19.9. The van der Waals surface area contributed by atoms with Gasteiger partial charge in [0.25, 0.3) is 5.91 Å². The Morgan fingerprint density at radius 2 is 1.81 bits per heavy atom. The SMILES string of the molecule is COc1cc(C(=O)O[C@H](C)C(=O)Nc2cccc(Cl)c2)cc(Cl)c1OC. The van der Waals surface area contributed by atoms with Crippen molar-refractivity contribution in [3.63, 3.8) is 0 Å². The maximum absolute atomic E-state index is 12.3. The summed E-state index contributed by atoms with van der Waals surface area (Å²) in [4.78, 5) is 24.5. The number of ether oxygens (including phenoxy) is 3. The molecule has 2 rings (SSSR count). The predicted octanol–water partition coefficient (Wildman–Crippen LogP) is 4.19. The Morgan fingerprint density at radius 1 is 1.08 bits per heavy atom. The second kappa shape index (κ2) is 8.78. The van der Waals surface area contributed by atoms with E-state index in [1.165, 1.54) is 33.3 Å². The predicted molar refractivity (Wildman–Crippen MR) is 99.5 cm³/mol. The van der Waals surface area contributed by atoms with Crippen molar-refractivity contribution in [2.45, 2.75) is 13.0 Å². The highest BCUT2D eigenvalue weighted by molar-refractivity contribution is 6.32. The van der Waals surface area contributed by atoms with Crippen LogP contribution in [0.5, 0.6) is 11.5 Å². The van der Waals surface area contributed by atoms with Gasteiger partial charge in [-0.05, 0) is 37.3 Å². The van der Waals surface area contributed by atoms with Crippen LogP contribution in [0.15, 0.2) is 36.4 Å². The molecule has 0 bridgehead atoms. The van der Waals surface area contributed by atoms with Gasteiger partial charge in [0.05, 0.1) is 24.8 Å². The molecule has 0 unspecified atom stereocenters. The van der Waals surface area contributed by atoms with Crippen molar-refractivity contribution in [3.05, 3.63) is 52.0 Å². The summed E-state index contributed by atoms with van der Waals surface area (Å²) in [7, 11) is 2.86. The Kier molecular flexibility index (Phi) is 6.71. The molecule has 138 valence electrons. The molecule has 8 heteroatoms. The first-order valence-electron chi connectivity index (χ1n) is 7.54. The largest absolute Gasteiger partial charge is 0.493 e. The van der Waals surface area contributed by atoms with Gasteiger partial charge in [-0.1, -0.05) is 29.3 Å². The van der Waals surface area contributed by atoms with Crippen molar-refractivity contribution in [1.29, 1.82) is 0 Å². The average molecular weight is 398 g/mol. The highest BCUT2D eigenvalue weighted by Crippen LogP contribution is 2.36. The van der Waals surface area contributed by atoms with Crippen molar-refractivity contribution < 1.29 is 23.8 Å². The maximum Gasteiger partial charge on any atom is 0.339 e. The van der Waals surface area contributed by atoms with E-state index in [0.717, 1.165) is 0 Å². The van der Waals surface area contributed by atoms with E-state index in [2.05, 4.69) is 5.32 Å². The first-order valence-corrected chi connectivity index (χ1v) is 8.30. The Hall–Kier alpha value is -2.44. The molecule has 0 radical (unpaired) electrons.